The number of rotatable bonds is 2. The Kier molecular flexibility index (Phi) is 3.71. The van der Waals surface area contributed by atoms with Crippen molar-refractivity contribution in [3.8, 4) is 0 Å². The van der Waals surface area contributed by atoms with Gasteiger partial charge in [0.05, 0.1) is 6.61 Å². The molecule has 2 heterocycles. The molecule has 102 valence electrons. The molecule has 2 aromatic rings. The fourth-order valence-corrected chi connectivity index (χ4v) is 3.22. The van der Waals surface area contributed by atoms with Gasteiger partial charge in [-0.3, -0.25) is 0 Å². The maximum Gasteiger partial charge on any atom is 0.224 e. The highest BCUT2D eigenvalue weighted by molar-refractivity contribution is 6.28. The number of aliphatic hydroxyl groups excluding tert-OH is 1. The second-order valence-corrected chi connectivity index (χ2v) is 5.57. The second-order valence-electron chi connectivity index (χ2n) is 5.23. The van der Waals surface area contributed by atoms with Crippen LogP contribution in [0.4, 0.5) is 0 Å². The molecule has 1 aliphatic rings. The van der Waals surface area contributed by atoms with Crippen molar-refractivity contribution < 1.29 is 5.11 Å². The molecule has 0 unspecified atom stereocenters. The highest BCUT2D eigenvalue weighted by atomic mass is 35.5. The fourth-order valence-electron chi connectivity index (χ4n) is 3.09. The molecule has 19 heavy (non-hydrogen) atoms. The van der Waals surface area contributed by atoms with Crippen LogP contribution in [0, 0.1) is 0 Å². The predicted molar refractivity (Wildman–Crippen MR) is 75.2 cm³/mol. The summed E-state index contributed by atoms with van der Waals surface area (Å²) in [5.74, 6) is 0. The van der Waals surface area contributed by atoms with E-state index in [1.807, 2.05) is 6.07 Å². The van der Waals surface area contributed by atoms with E-state index in [9.17, 15) is 5.11 Å². The third-order valence-corrected chi connectivity index (χ3v) is 4.16. The zero-order valence-corrected chi connectivity index (χ0v) is 11.6. The summed E-state index contributed by atoms with van der Waals surface area (Å²) < 4.78 is 2.17. The van der Waals surface area contributed by atoms with Crippen molar-refractivity contribution in [2.45, 2.75) is 51.2 Å². The van der Waals surface area contributed by atoms with Crippen LogP contribution in [0.25, 0.3) is 11.0 Å². The average molecular weight is 280 g/mol. The molecule has 0 aromatic carbocycles. The molecule has 0 saturated heterocycles. The van der Waals surface area contributed by atoms with Crippen molar-refractivity contribution in [3.05, 3.63) is 23.2 Å². The van der Waals surface area contributed by atoms with Gasteiger partial charge in [-0.05, 0) is 30.5 Å². The lowest BCUT2D eigenvalue weighted by Gasteiger charge is -2.20. The molecule has 0 spiro atoms. The number of halogens is 1. The zero-order valence-electron chi connectivity index (χ0n) is 10.8. The molecule has 3 rings (SSSR count). The first-order chi connectivity index (χ1) is 9.29. The van der Waals surface area contributed by atoms with E-state index in [1.54, 1.807) is 6.20 Å². The van der Waals surface area contributed by atoms with Crippen LogP contribution in [-0.2, 0) is 6.61 Å². The Bertz CT molecular complexity index is 573. The maximum atomic E-state index is 9.59. The van der Waals surface area contributed by atoms with Crippen LogP contribution in [0.5, 0.6) is 0 Å². The molecule has 5 heteroatoms. The number of aliphatic hydroxyl groups is 1. The van der Waals surface area contributed by atoms with E-state index in [0.717, 1.165) is 29.6 Å². The molecule has 4 nitrogen and oxygen atoms in total. The van der Waals surface area contributed by atoms with Crippen molar-refractivity contribution >= 4 is 22.6 Å². The lowest BCUT2D eigenvalue weighted by molar-refractivity contribution is 0.264. The summed E-state index contributed by atoms with van der Waals surface area (Å²) in [7, 11) is 0. The summed E-state index contributed by atoms with van der Waals surface area (Å²) in [6.07, 6.45) is 9.13. The van der Waals surface area contributed by atoms with Gasteiger partial charge in [-0.25, -0.2) is 4.98 Å². The largest absolute Gasteiger partial charge is 0.390 e. The van der Waals surface area contributed by atoms with Gasteiger partial charge in [0.15, 0.2) is 0 Å². The SMILES string of the molecule is OCc1cc2cnc(Cl)nc2n1C1CCCCCC1. The van der Waals surface area contributed by atoms with E-state index in [0.29, 0.717) is 6.04 Å². The van der Waals surface area contributed by atoms with Crippen LogP contribution in [0.2, 0.25) is 5.28 Å². The highest BCUT2D eigenvalue weighted by Gasteiger charge is 2.20. The molecule has 1 saturated carbocycles. The number of hydrogen-bond donors (Lipinski definition) is 1. The normalized spacial score (nSPS) is 17.8. The van der Waals surface area contributed by atoms with E-state index < -0.39 is 0 Å². The van der Waals surface area contributed by atoms with Crippen LogP contribution in [-0.4, -0.2) is 19.6 Å². The lowest BCUT2D eigenvalue weighted by atomic mass is 10.1. The lowest BCUT2D eigenvalue weighted by Crippen LogP contribution is -2.12. The number of nitrogens with zero attached hydrogens (tertiary/aromatic N) is 3. The molecule has 0 radical (unpaired) electrons. The Morgan fingerprint density at radius 2 is 2.00 bits per heavy atom. The van der Waals surface area contributed by atoms with Crippen LogP contribution in [0.15, 0.2) is 12.3 Å². The molecule has 1 aliphatic carbocycles. The topological polar surface area (TPSA) is 50.9 Å². The first-order valence-electron chi connectivity index (χ1n) is 6.93. The Morgan fingerprint density at radius 1 is 1.26 bits per heavy atom. The minimum atomic E-state index is 0.0322. The van der Waals surface area contributed by atoms with Crippen molar-refractivity contribution in [2.24, 2.45) is 0 Å². The Hall–Kier alpha value is -1.13. The molecular weight excluding hydrogens is 262 g/mol. The van der Waals surface area contributed by atoms with Gasteiger partial charge in [0.2, 0.25) is 5.28 Å². The summed E-state index contributed by atoms with van der Waals surface area (Å²) in [4.78, 5) is 8.38. The minimum absolute atomic E-state index is 0.0322. The number of hydrogen-bond acceptors (Lipinski definition) is 3. The second kappa shape index (κ2) is 5.47. The molecule has 0 bridgehead atoms. The summed E-state index contributed by atoms with van der Waals surface area (Å²) >= 11 is 5.92. The maximum absolute atomic E-state index is 9.59. The van der Waals surface area contributed by atoms with Crippen LogP contribution < -0.4 is 0 Å². The van der Waals surface area contributed by atoms with Gasteiger partial charge in [0.25, 0.3) is 0 Å². The third kappa shape index (κ3) is 2.47. The summed E-state index contributed by atoms with van der Waals surface area (Å²) in [6.45, 7) is 0.0322. The van der Waals surface area contributed by atoms with Crippen molar-refractivity contribution in [2.75, 3.05) is 0 Å². The van der Waals surface area contributed by atoms with Gasteiger partial charge in [0, 0.05) is 23.3 Å². The first-order valence-corrected chi connectivity index (χ1v) is 7.30. The van der Waals surface area contributed by atoms with Gasteiger partial charge < -0.3 is 9.67 Å². The van der Waals surface area contributed by atoms with Crippen LogP contribution >= 0.6 is 11.6 Å². The molecule has 2 aromatic heterocycles. The molecule has 0 atom stereocenters. The van der Waals surface area contributed by atoms with E-state index in [2.05, 4.69) is 14.5 Å². The van der Waals surface area contributed by atoms with E-state index in [1.165, 1.54) is 25.7 Å². The van der Waals surface area contributed by atoms with Crippen LogP contribution in [0.3, 0.4) is 0 Å². The minimum Gasteiger partial charge on any atom is -0.390 e. The monoisotopic (exact) mass is 279 g/mol. The Morgan fingerprint density at radius 3 is 2.68 bits per heavy atom. The predicted octanol–water partition coefficient (Wildman–Crippen LogP) is 3.47. The average Bonchev–Trinajstić information content (AvgIpc) is 2.60. The summed E-state index contributed by atoms with van der Waals surface area (Å²) in [6, 6.07) is 2.39. The van der Waals surface area contributed by atoms with Crippen molar-refractivity contribution in [1.82, 2.24) is 14.5 Å². The van der Waals surface area contributed by atoms with Gasteiger partial charge >= 0.3 is 0 Å². The first kappa shape index (κ1) is 12.9. The van der Waals surface area contributed by atoms with E-state index >= 15 is 0 Å². The Balaban J connectivity index is 2.10. The highest BCUT2D eigenvalue weighted by Crippen LogP contribution is 2.32. The summed E-state index contributed by atoms with van der Waals surface area (Å²) in [5, 5.41) is 10.8. The standard InChI is InChI=1S/C14H18ClN3O/c15-14-16-8-10-7-12(9-19)18(13(10)17-14)11-5-3-1-2-4-6-11/h7-8,11,19H,1-6,9H2. The van der Waals surface area contributed by atoms with Crippen LogP contribution in [0.1, 0.15) is 50.3 Å². The number of fused-ring (bicyclic) bond motifs is 1. The molecular formula is C14H18ClN3O. The van der Waals surface area contributed by atoms with Crippen molar-refractivity contribution in [1.29, 1.82) is 0 Å². The quantitative estimate of drug-likeness (QED) is 0.676. The molecule has 1 fully saturated rings. The van der Waals surface area contributed by atoms with Gasteiger partial charge in [-0.15, -0.1) is 0 Å². The third-order valence-electron chi connectivity index (χ3n) is 3.98. The molecule has 0 amide bonds. The van der Waals surface area contributed by atoms with Gasteiger partial charge in [-0.1, -0.05) is 25.7 Å². The molecule has 1 N–H and O–H groups in total. The Labute approximate surface area is 117 Å². The van der Waals surface area contributed by atoms with Gasteiger partial charge in [-0.2, -0.15) is 4.98 Å². The zero-order chi connectivity index (χ0) is 13.2. The summed E-state index contributed by atoms with van der Waals surface area (Å²) in [5.41, 5.74) is 1.77. The number of aromatic nitrogens is 3. The van der Waals surface area contributed by atoms with E-state index in [-0.39, 0.29) is 11.9 Å². The van der Waals surface area contributed by atoms with E-state index in [4.69, 9.17) is 11.6 Å². The van der Waals surface area contributed by atoms with Gasteiger partial charge in [0.1, 0.15) is 5.65 Å². The molecule has 0 aliphatic heterocycles. The van der Waals surface area contributed by atoms with Crippen molar-refractivity contribution in [3.63, 3.8) is 0 Å². The smallest absolute Gasteiger partial charge is 0.224 e. The fraction of sp³-hybridized carbons (Fsp3) is 0.571.